The minimum absolute atomic E-state index is 0.0853. The van der Waals surface area contributed by atoms with E-state index in [9.17, 15) is 16.8 Å². The van der Waals surface area contributed by atoms with Crippen LogP contribution in [0.2, 0.25) is 10.0 Å². The monoisotopic (exact) mass is 852 g/mol. The molecular weight excluding hydrogens is 807 g/mol. The van der Waals surface area contributed by atoms with Gasteiger partial charge in [0.05, 0.1) is 23.9 Å². The molecule has 8 nitrogen and oxygen atoms in total. The molecular formula is C43H47Cl3N4O4S2. The Morgan fingerprint density at radius 1 is 0.643 bits per heavy atom. The fourth-order valence-corrected chi connectivity index (χ4v) is 11.4. The van der Waals surface area contributed by atoms with E-state index in [-0.39, 0.29) is 11.8 Å². The van der Waals surface area contributed by atoms with Gasteiger partial charge in [0.1, 0.15) is 0 Å². The van der Waals surface area contributed by atoms with E-state index in [4.69, 9.17) is 44.8 Å². The number of aromatic nitrogens is 2. The van der Waals surface area contributed by atoms with Crippen molar-refractivity contribution >= 4 is 78.1 Å². The summed E-state index contributed by atoms with van der Waals surface area (Å²) in [6, 6.07) is 20.3. The van der Waals surface area contributed by atoms with Crippen LogP contribution < -0.4 is 0 Å². The minimum atomic E-state index is -3.15. The molecule has 2 unspecified atom stereocenters. The first-order chi connectivity index (χ1) is 26.8. The van der Waals surface area contributed by atoms with Crippen LogP contribution in [0.5, 0.6) is 0 Å². The first-order valence-corrected chi connectivity index (χ1v) is 24.1. The number of hydrogen-bond acceptors (Lipinski definition) is 6. The maximum atomic E-state index is 11.9. The molecule has 0 bridgehead atoms. The Balaban J connectivity index is 0.000000172. The molecule has 13 heteroatoms. The molecule has 4 aromatic rings. The SMILES string of the molecule is CCC1=Cc2cc(Cl)ccc2C(C2CCN(S(C)(=O)=O)CC2)c2ncccc21.CS(=O)(=O)N1CCC(C2c3ccc(Cl)cc3C=C(CCl)c3cccnc32)CC1. The molecule has 2 atom stereocenters. The van der Waals surface area contributed by atoms with Gasteiger partial charge in [-0.05, 0) is 125 Å². The summed E-state index contributed by atoms with van der Waals surface area (Å²) in [5.74, 6) is 1.27. The summed E-state index contributed by atoms with van der Waals surface area (Å²) in [4.78, 5) is 9.58. The van der Waals surface area contributed by atoms with Crippen molar-refractivity contribution in [1.82, 2.24) is 18.6 Å². The van der Waals surface area contributed by atoms with Crippen molar-refractivity contribution in [2.45, 2.75) is 50.9 Å². The lowest BCUT2D eigenvalue weighted by atomic mass is 9.76. The molecule has 8 rings (SSSR count). The molecule has 2 aliphatic heterocycles. The molecule has 0 N–H and O–H groups in total. The average molecular weight is 854 g/mol. The van der Waals surface area contributed by atoms with Gasteiger partial charge in [-0.25, -0.2) is 25.4 Å². The Morgan fingerprint density at radius 3 is 1.45 bits per heavy atom. The number of alkyl halides is 1. The first kappa shape index (κ1) is 41.1. The number of pyridine rings is 2. The van der Waals surface area contributed by atoms with Crippen molar-refractivity contribution in [2.24, 2.45) is 11.8 Å². The van der Waals surface area contributed by atoms with Gasteiger partial charge in [-0.1, -0.05) is 60.5 Å². The van der Waals surface area contributed by atoms with E-state index in [1.54, 1.807) is 8.61 Å². The molecule has 4 heterocycles. The van der Waals surface area contributed by atoms with Crippen LogP contribution in [0.25, 0.3) is 23.3 Å². The van der Waals surface area contributed by atoms with Gasteiger partial charge in [0, 0.05) is 71.9 Å². The summed E-state index contributed by atoms with van der Waals surface area (Å²) < 4.78 is 50.9. The second-order valence-electron chi connectivity index (χ2n) is 15.2. The summed E-state index contributed by atoms with van der Waals surface area (Å²) in [6.45, 7) is 4.39. The topological polar surface area (TPSA) is 101 Å². The van der Waals surface area contributed by atoms with Crippen molar-refractivity contribution in [2.75, 3.05) is 44.6 Å². The lowest BCUT2D eigenvalue weighted by Gasteiger charge is -2.35. The van der Waals surface area contributed by atoms with Gasteiger partial charge < -0.3 is 0 Å². The molecule has 2 aromatic heterocycles. The smallest absolute Gasteiger partial charge is 0.211 e. The number of fused-ring (bicyclic) bond motifs is 4. The van der Waals surface area contributed by atoms with Gasteiger partial charge in [0.15, 0.2) is 0 Å². The number of allylic oxidation sites excluding steroid dienone is 2. The van der Waals surface area contributed by atoms with E-state index in [2.05, 4.69) is 43.3 Å². The minimum Gasteiger partial charge on any atom is -0.260 e. The van der Waals surface area contributed by atoms with Crippen LogP contribution in [0.3, 0.4) is 0 Å². The third-order valence-corrected chi connectivity index (χ3v) is 15.2. The number of hydrogen-bond donors (Lipinski definition) is 0. The lowest BCUT2D eigenvalue weighted by Crippen LogP contribution is -2.39. The third-order valence-electron chi connectivity index (χ3n) is 11.8. The zero-order valence-corrected chi connectivity index (χ0v) is 35.7. The quantitative estimate of drug-likeness (QED) is 0.179. The first-order valence-electron chi connectivity index (χ1n) is 19.1. The molecule has 2 fully saturated rings. The molecule has 56 heavy (non-hydrogen) atoms. The number of sulfonamides is 2. The highest BCUT2D eigenvalue weighted by Crippen LogP contribution is 2.47. The van der Waals surface area contributed by atoms with Crippen molar-refractivity contribution in [3.05, 3.63) is 128 Å². The highest BCUT2D eigenvalue weighted by Gasteiger charge is 2.37. The van der Waals surface area contributed by atoms with Crippen LogP contribution in [-0.2, 0) is 20.0 Å². The molecule has 296 valence electrons. The molecule has 2 aliphatic carbocycles. The average Bonchev–Trinajstić information content (AvgIpc) is 3.41. The van der Waals surface area contributed by atoms with Crippen molar-refractivity contribution in [3.8, 4) is 0 Å². The van der Waals surface area contributed by atoms with E-state index >= 15 is 0 Å². The van der Waals surface area contributed by atoms with Gasteiger partial charge in [-0.15, -0.1) is 11.6 Å². The number of nitrogens with zero attached hydrogens (tertiary/aromatic N) is 4. The zero-order valence-electron chi connectivity index (χ0n) is 31.8. The Labute approximate surface area is 346 Å². The standard InChI is InChI=1S/C22H25ClN2O2S.C21H22Cl2N2O2S/c1-3-15-13-17-14-18(23)6-7-19(17)21(22-20(15)5-4-10-24-22)16-8-11-25(12-9-16)28(2,26)27;1-28(26,27)25-9-6-14(7-10-25)20-18-5-4-17(23)12-15(18)11-16(13-22)19-3-2-8-24-21(19)20/h4-7,10,13-14,16,21H,3,8-9,11-12H2,1-2H3;2-5,8,11-12,14,20H,6-7,9-10,13H2,1H3. The van der Waals surface area contributed by atoms with E-state index in [0.717, 1.165) is 70.8 Å². The zero-order chi connectivity index (χ0) is 39.8. The van der Waals surface area contributed by atoms with E-state index < -0.39 is 20.0 Å². The van der Waals surface area contributed by atoms with Crippen LogP contribution >= 0.6 is 34.8 Å². The van der Waals surface area contributed by atoms with Gasteiger partial charge in [-0.2, -0.15) is 0 Å². The summed E-state index contributed by atoms with van der Waals surface area (Å²) in [6.07, 6.45) is 14.8. The normalized spacial score (nSPS) is 20.8. The van der Waals surface area contributed by atoms with E-state index in [0.29, 0.717) is 48.9 Å². The maximum absolute atomic E-state index is 11.9. The van der Waals surface area contributed by atoms with E-state index in [1.165, 1.54) is 34.8 Å². The molecule has 0 amide bonds. The van der Waals surface area contributed by atoms with Gasteiger partial charge in [-0.3, -0.25) is 9.97 Å². The fourth-order valence-electron chi connectivity index (χ4n) is 9.05. The predicted molar refractivity (Wildman–Crippen MR) is 230 cm³/mol. The van der Waals surface area contributed by atoms with Gasteiger partial charge in [0.2, 0.25) is 20.0 Å². The van der Waals surface area contributed by atoms with Crippen LogP contribution in [0.15, 0.2) is 73.1 Å². The molecule has 0 radical (unpaired) electrons. The summed E-state index contributed by atoms with van der Waals surface area (Å²) in [7, 11) is -6.29. The number of piperidine rings is 2. The number of benzene rings is 2. The van der Waals surface area contributed by atoms with Crippen LogP contribution in [0.1, 0.15) is 95.6 Å². The highest BCUT2D eigenvalue weighted by atomic mass is 35.5. The van der Waals surface area contributed by atoms with E-state index in [1.807, 2.05) is 48.8 Å². The molecule has 2 aromatic carbocycles. The maximum Gasteiger partial charge on any atom is 0.211 e. The van der Waals surface area contributed by atoms with Crippen molar-refractivity contribution in [3.63, 3.8) is 0 Å². The second-order valence-corrected chi connectivity index (χ2v) is 20.3. The molecule has 4 aliphatic rings. The van der Waals surface area contributed by atoms with Gasteiger partial charge >= 0.3 is 0 Å². The van der Waals surface area contributed by atoms with Crippen LogP contribution in [0.4, 0.5) is 0 Å². The summed E-state index contributed by atoms with van der Waals surface area (Å²) in [5.41, 5.74) is 11.3. The molecule has 0 spiro atoms. The highest BCUT2D eigenvalue weighted by molar-refractivity contribution is 7.88. The number of rotatable bonds is 6. The Morgan fingerprint density at radius 2 is 1.05 bits per heavy atom. The van der Waals surface area contributed by atoms with Crippen molar-refractivity contribution < 1.29 is 16.8 Å². The van der Waals surface area contributed by atoms with Gasteiger partial charge in [0.25, 0.3) is 0 Å². The Bertz CT molecular complexity index is 2220. The molecule has 0 saturated carbocycles. The van der Waals surface area contributed by atoms with Crippen LogP contribution in [-0.4, -0.2) is 80.0 Å². The second kappa shape index (κ2) is 17.0. The Kier molecular flexibility index (Phi) is 12.5. The van der Waals surface area contributed by atoms with Crippen molar-refractivity contribution in [1.29, 1.82) is 0 Å². The summed E-state index contributed by atoms with van der Waals surface area (Å²) >= 11 is 18.9. The fraction of sp³-hybridized carbons (Fsp3) is 0.395. The molecule has 2 saturated heterocycles. The third kappa shape index (κ3) is 8.67. The predicted octanol–water partition coefficient (Wildman–Crippen LogP) is 9.43. The van der Waals surface area contributed by atoms with Crippen LogP contribution in [0, 0.1) is 11.8 Å². The summed E-state index contributed by atoms with van der Waals surface area (Å²) in [5, 5.41) is 1.42. The Hall–Kier alpha value is -3.09. The number of halogens is 3. The largest absolute Gasteiger partial charge is 0.260 e. The lowest BCUT2D eigenvalue weighted by molar-refractivity contribution is 0.256.